The van der Waals surface area contributed by atoms with Crippen LogP contribution in [-0.4, -0.2) is 53.8 Å². The van der Waals surface area contributed by atoms with Crippen molar-refractivity contribution in [2.45, 2.75) is 77.7 Å². The van der Waals surface area contributed by atoms with Crippen molar-refractivity contribution in [1.82, 2.24) is 4.90 Å². The lowest BCUT2D eigenvalue weighted by atomic mass is 9.73. The summed E-state index contributed by atoms with van der Waals surface area (Å²) in [5.74, 6) is -1.19. The largest absolute Gasteiger partial charge is 0.464 e. The van der Waals surface area contributed by atoms with Crippen LogP contribution in [0.5, 0.6) is 0 Å². The van der Waals surface area contributed by atoms with Gasteiger partial charge in [-0.2, -0.15) is 0 Å². The van der Waals surface area contributed by atoms with Crippen molar-refractivity contribution >= 4 is 11.9 Å². The monoisotopic (exact) mass is 431 g/mol. The molecular weight excluding hydrogens is 394 g/mol. The topological polar surface area (TPSA) is 76.1 Å². The lowest BCUT2D eigenvalue weighted by Gasteiger charge is -2.37. The van der Waals surface area contributed by atoms with Crippen molar-refractivity contribution in [2.75, 3.05) is 13.7 Å². The maximum Gasteiger partial charge on any atom is 0.329 e. The number of aliphatic hydroxyl groups excluding tert-OH is 1. The molecule has 1 aliphatic heterocycles. The van der Waals surface area contributed by atoms with Crippen LogP contribution in [0.3, 0.4) is 0 Å². The van der Waals surface area contributed by atoms with Crippen LogP contribution in [0.2, 0.25) is 0 Å². The molecule has 0 unspecified atom stereocenters. The maximum atomic E-state index is 13.9. The van der Waals surface area contributed by atoms with Gasteiger partial charge in [0.05, 0.1) is 24.9 Å². The highest BCUT2D eigenvalue weighted by molar-refractivity contribution is 5.88. The highest BCUT2D eigenvalue weighted by Crippen LogP contribution is 2.49. The molecule has 6 heteroatoms. The van der Waals surface area contributed by atoms with Crippen molar-refractivity contribution in [3.8, 4) is 0 Å². The number of amides is 1. The van der Waals surface area contributed by atoms with Crippen molar-refractivity contribution < 1.29 is 24.2 Å². The Morgan fingerprint density at radius 1 is 1.16 bits per heavy atom. The first-order chi connectivity index (χ1) is 14.7. The normalized spacial score (nSPS) is 31.5. The number of hydrogen-bond donors (Lipinski definition) is 1. The Bertz CT molecular complexity index is 759. The van der Waals surface area contributed by atoms with E-state index < -0.39 is 35.5 Å². The molecule has 1 amide bonds. The zero-order chi connectivity index (χ0) is 22.8. The van der Waals surface area contributed by atoms with Gasteiger partial charge in [-0.05, 0) is 37.2 Å². The number of likely N-dealkylation sites (tertiary alicyclic amines) is 1. The Labute approximate surface area is 185 Å². The molecule has 1 aromatic carbocycles. The molecule has 1 saturated heterocycles. The second kappa shape index (κ2) is 9.70. The van der Waals surface area contributed by atoms with Gasteiger partial charge in [0, 0.05) is 18.9 Å². The molecule has 1 aliphatic carbocycles. The fraction of sp³-hybridized carbons (Fsp3) is 0.680. The van der Waals surface area contributed by atoms with E-state index in [-0.39, 0.29) is 24.5 Å². The summed E-state index contributed by atoms with van der Waals surface area (Å²) in [7, 11) is 1.68. The third-order valence-corrected chi connectivity index (χ3v) is 6.86. The van der Waals surface area contributed by atoms with Crippen LogP contribution < -0.4 is 0 Å². The molecule has 31 heavy (non-hydrogen) atoms. The SMILES string of the molecule is CCOC(=O)[C@@H]1[C@@H](C(C)(C)C)[C@H](O)[C@H](c2ccccc2)N1C(=O)[C@@H]1CCC[C@@H](OC)C1. The summed E-state index contributed by atoms with van der Waals surface area (Å²) in [4.78, 5) is 28.8. The molecule has 0 bridgehead atoms. The van der Waals surface area contributed by atoms with E-state index in [1.807, 2.05) is 51.1 Å². The Balaban J connectivity index is 2.07. The molecule has 2 fully saturated rings. The summed E-state index contributed by atoms with van der Waals surface area (Å²) in [6.07, 6.45) is 2.43. The molecule has 6 nitrogen and oxygen atoms in total. The zero-order valence-corrected chi connectivity index (χ0v) is 19.4. The molecule has 0 aromatic heterocycles. The van der Waals surface area contributed by atoms with Gasteiger partial charge in [-0.3, -0.25) is 4.79 Å². The Morgan fingerprint density at radius 2 is 1.84 bits per heavy atom. The number of carbonyl (C=O) groups is 2. The van der Waals surface area contributed by atoms with Gasteiger partial charge in [0.1, 0.15) is 6.04 Å². The first-order valence-electron chi connectivity index (χ1n) is 11.4. The number of rotatable bonds is 5. The number of aliphatic hydroxyl groups is 1. The van der Waals surface area contributed by atoms with Crippen LogP contribution >= 0.6 is 0 Å². The van der Waals surface area contributed by atoms with Gasteiger partial charge in [0.2, 0.25) is 5.91 Å². The van der Waals surface area contributed by atoms with Crippen LogP contribution in [0.15, 0.2) is 30.3 Å². The average molecular weight is 432 g/mol. The number of carbonyl (C=O) groups excluding carboxylic acids is 2. The number of hydrogen-bond acceptors (Lipinski definition) is 5. The first kappa shape index (κ1) is 23.7. The van der Waals surface area contributed by atoms with Gasteiger partial charge in [-0.25, -0.2) is 4.79 Å². The van der Waals surface area contributed by atoms with Crippen LogP contribution in [0.25, 0.3) is 0 Å². The molecule has 1 aromatic rings. The fourth-order valence-corrected chi connectivity index (χ4v) is 5.44. The summed E-state index contributed by atoms with van der Waals surface area (Å²) >= 11 is 0. The van der Waals surface area contributed by atoms with E-state index >= 15 is 0 Å². The van der Waals surface area contributed by atoms with Gasteiger partial charge in [-0.15, -0.1) is 0 Å². The smallest absolute Gasteiger partial charge is 0.329 e. The number of methoxy groups -OCH3 is 1. The number of benzene rings is 1. The lowest BCUT2D eigenvalue weighted by Crippen LogP contribution is -2.50. The van der Waals surface area contributed by atoms with Crippen LogP contribution in [-0.2, 0) is 19.1 Å². The quantitative estimate of drug-likeness (QED) is 0.719. The molecule has 1 heterocycles. The first-order valence-corrected chi connectivity index (χ1v) is 11.4. The van der Waals surface area contributed by atoms with E-state index in [0.717, 1.165) is 24.8 Å². The van der Waals surface area contributed by atoms with Crippen LogP contribution in [0, 0.1) is 17.3 Å². The zero-order valence-electron chi connectivity index (χ0n) is 19.4. The van der Waals surface area contributed by atoms with E-state index in [2.05, 4.69) is 0 Å². The van der Waals surface area contributed by atoms with E-state index in [0.29, 0.717) is 6.42 Å². The van der Waals surface area contributed by atoms with E-state index in [1.165, 1.54) is 0 Å². The minimum atomic E-state index is -0.873. The molecule has 6 atom stereocenters. The van der Waals surface area contributed by atoms with Crippen molar-refractivity contribution in [3.63, 3.8) is 0 Å². The molecule has 0 radical (unpaired) electrons. The number of ether oxygens (including phenoxy) is 2. The van der Waals surface area contributed by atoms with Gasteiger partial charge in [0.15, 0.2) is 0 Å². The molecule has 1 saturated carbocycles. The highest BCUT2D eigenvalue weighted by atomic mass is 16.5. The molecule has 3 rings (SSSR count). The van der Waals surface area contributed by atoms with Crippen molar-refractivity contribution in [2.24, 2.45) is 17.3 Å². The van der Waals surface area contributed by atoms with Crippen molar-refractivity contribution in [1.29, 1.82) is 0 Å². The van der Waals surface area contributed by atoms with Crippen molar-refractivity contribution in [3.05, 3.63) is 35.9 Å². The summed E-state index contributed by atoms with van der Waals surface area (Å²) in [5, 5.41) is 11.5. The minimum absolute atomic E-state index is 0.0462. The number of esters is 1. The standard InChI is InChI=1S/C25H37NO5/c1-6-31-24(29)21-19(25(2,3)4)22(27)20(16-11-8-7-9-12-16)26(21)23(28)17-13-10-14-18(15-17)30-5/h7-9,11-12,17-22,27H,6,10,13-15H2,1-5H3/t17-,18-,19-,20+,21+,22+/m1/s1. The third kappa shape index (κ3) is 4.80. The van der Waals surface area contributed by atoms with Gasteiger partial charge >= 0.3 is 5.97 Å². The number of nitrogens with zero attached hydrogens (tertiary/aromatic N) is 1. The predicted molar refractivity (Wildman–Crippen MR) is 118 cm³/mol. The van der Waals surface area contributed by atoms with E-state index in [4.69, 9.17) is 9.47 Å². The second-order valence-electron chi connectivity index (χ2n) is 9.90. The second-order valence-corrected chi connectivity index (χ2v) is 9.90. The minimum Gasteiger partial charge on any atom is -0.464 e. The highest BCUT2D eigenvalue weighted by Gasteiger charge is 2.58. The Kier molecular flexibility index (Phi) is 7.43. The average Bonchev–Trinajstić information content (AvgIpc) is 3.07. The van der Waals surface area contributed by atoms with E-state index in [1.54, 1.807) is 18.9 Å². The molecule has 172 valence electrons. The van der Waals surface area contributed by atoms with Gasteiger partial charge in [-0.1, -0.05) is 57.5 Å². The molecule has 2 aliphatic rings. The fourth-order valence-electron chi connectivity index (χ4n) is 5.44. The predicted octanol–water partition coefficient (Wildman–Crippen LogP) is 3.73. The van der Waals surface area contributed by atoms with Gasteiger partial charge < -0.3 is 19.5 Å². The molecule has 0 spiro atoms. The summed E-state index contributed by atoms with van der Waals surface area (Å²) < 4.78 is 11.0. The summed E-state index contributed by atoms with van der Waals surface area (Å²) in [6.45, 7) is 8.01. The van der Waals surface area contributed by atoms with Crippen LogP contribution in [0.1, 0.15) is 65.0 Å². The molecule has 1 N–H and O–H groups in total. The summed E-state index contributed by atoms with van der Waals surface area (Å²) in [6, 6.07) is 8.13. The Hall–Kier alpha value is -1.92. The lowest BCUT2D eigenvalue weighted by molar-refractivity contribution is -0.159. The third-order valence-electron chi connectivity index (χ3n) is 6.86. The molecular formula is C25H37NO5. The van der Waals surface area contributed by atoms with Gasteiger partial charge in [0.25, 0.3) is 0 Å². The Morgan fingerprint density at radius 3 is 2.42 bits per heavy atom. The summed E-state index contributed by atoms with van der Waals surface area (Å²) in [5.41, 5.74) is 0.434. The maximum absolute atomic E-state index is 13.9. The van der Waals surface area contributed by atoms with Crippen LogP contribution in [0.4, 0.5) is 0 Å². The van der Waals surface area contributed by atoms with E-state index in [9.17, 15) is 14.7 Å².